The average molecular weight is 391 g/mol. The Morgan fingerprint density at radius 2 is 1.41 bits per heavy atom. The molecule has 3 nitrogen and oxygen atoms in total. The minimum atomic E-state index is -4.99. The fourth-order valence-electron chi connectivity index (χ4n) is 2.35. The van der Waals surface area contributed by atoms with Crippen molar-refractivity contribution in [1.29, 1.82) is 0 Å². The number of amides is 1. The van der Waals surface area contributed by atoms with Gasteiger partial charge in [0, 0.05) is 5.69 Å². The molecule has 0 heterocycles. The minimum Gasteiger partial charge on any atom is -0.484 e. The molecule has 0 atom stereocenters. The first-order valence-electron chi connectivity index (χ1n) is 7.66. The molecule has 0 aliphatic heterocycles. The van der Waals surface area contributed by atoms with E-state index in [1.165, 1.54) is 0 Å². The summed E-state index contributed by atoms with van der Waals surface area (Å²) in [6.07, 6.45) is -9.97. The van der Waals surface area contributed by atoms with Gasteiger partial charge in [-0.25, -0.2) is 0 Å². The summed E-state index contributed by atoms with van der Waals surface area (Å²) in [5.74, 6) is -1.41. The molecule has 27 heavy (non-hydrogen) atoms. The van der Waals surface area contributed by atoms with E-state index in [0.717, 1.165) is 11.1 Å². The number of nitrogens with one attached hydrogen (secondary N) is 1. The number of anilines is 1. The first kappa shape index (κ1) is 20.6. The smallest absolute Gasteiger partial charge is 0.416 e. The zero-order chi connectivity index (χ0) is 20.4. The van der Waals surface area contributed by atoms with Crippen LogP contribution in [0.1, 0.15) is 22.3 Å². The standard InChI is InChI=1S/C18H15F6NO2/c1-10-4-3-5-11(2)16(10)25-15(26)9-27-14-7-12(17(19,20)21)6-13(8-14)18(22,23)24/h3-8H,9H2,1-2H3,(H,25,26). The number of rotatable bonds is 4. The number of benzene rings is 2. The molecule has 1 N–H and O–H groups in total. The lowest BCUT2D eigenvalue weighted by Crippen LogP contribution is -2.21. The molecule has 0 saturated carbocycles. The molecule has 0 aromatic heterocycles. The number of halogens is 6. The SMILES string of the molecule is Cc1cccc(C)c1NC(=O)COc1cc(C(F)(F)F)cc(C(F)(F)F)c1. The fraction of sp³-hybridized carbons (Fsp3) is 0.278. The summed E-state index contributed by atoms with van der Waals surface area (Å²) in [6.45, 7) is 2.74. The van der Waals surface area contributed by atoms with Gasteiger partial charge in [-0.1, -0.05) is 18.2 Å². The van der Waals surface area contributed by atoms with E-state index in [4.69, 9.17) is 4.74 Å². The first-order valence-corrected chi connectivity index (χ1v) is 7.66. The fourth-order valence-corrected chi connectivity index (χ4v) is 2.35. The Kier molecular flexibility index (Phi) is 5.72. The van der Waals surface area contributed by atoms with Crippen LogP contribution >= 0.6 is 0 Å². The van der Waals surface area contributed by atoms with Crippen molar-refractivity contribution in [2.45, 2.75) is 26.2 Å². The van der Waals surface area contributed by atoms with Gasteiger partial charge in [0.05, 0.1) is 11.1 Å². The Balaban J connectivity index is 2.18. The van der Waals surface area contributed by atoms with E-state index < -0.39 is 41.7 Å². The summed E-state index contributed by atoms with van der Waals surface area (Å²) in [5, 5.41) is 2.53. The maximum absolute atomic E-state index is 12.8. The summed E-state index contributed by atoms with van der Waals surface area (Å²) in [6, 6.07) is 6.09. The third-order valence-corrected chi connectivity index (χ3v) is 3.68. The van der Waals surface area contributed by atoms with Gasteiger partial charge in [0.2, 0.25) is 0 Å². The van der Waals surface area contributed by atoms with E-state index >= 15 is 0 Å². The van der Waals surface area contributed by atoms with Crippen LogP contribution in [-0.4, -0.2) is 12.5 Å². The summed E-state index contributed by atoms with van der Waals surface area (Å²) in [7, 11) is 0. The van der Waals surface area contributed by atoms with Crippen molar-refractivity contribution in [3.8, 4) is 5.75 Å². The van der Waals surface area contributed by atoms with Crippen LogP contribution in [0.15, 0.2) is 36.4 Å². The number of hydrogen-bond acceptors (Lipinski definition) is 2. The highest BCUT2D eigenvalue weighted by molar-refractivity contribution is 5.93. The number of carbonyl (C=O) groups excluding carboxylic acids is 1. The van der Waals surface area contributed by atoms with E-state index in [9.17, 15) is 31.1 Å². The zero-order valence-corrected chi connectivity index (χ0v) is 14.3. The molecular weight excluding hydrogens is 376 g/mol. The van der Waals surface area contributed by atoms with Crippen molar-refractivity contribution in [2.75, 3.05) is 11.9 Å². The first-order chi connectivity index (χ1) is 12.4. The van der Waals surface area contributed by atoms with Crippen molar-refractivity contribution in [3.05, 3.63) is 58.7 Å². The largest absolute Gasteiger partial charge is 0.484 e. The Bertz CT molecular complexity index is 790. The number of alkyl halides is 6. The number of aryl methyl sites for hydroxylation is 2. The molecule has 0 unspecified atom stereocenters. The van der Waals surface area contributed by atoms with Crippen molar-refractivity contribution >= 4 is 11.6 Å². The zero-order valence-electron chi connectivity index (χ0n) is 14.3. The average Bonchev–Trinajstić information content (AvgIpc) is 2.54. The lowest BCUT2D eigenvalue weighted by molar-refractivity contribution is -0.143. The van der Waals surface area contributed by atoms with Gasteiger partial charge in [-0.15, -0.1) is 0 Å². The molecule has 1 amide bonds. The highest BCUT2D eigenvalue weighted by Crippen LogP contribution is 2.38. The Morgan fingerprint density at radius 3 is 1.85 bits per heavy atom. The monoisotopic (exact) mass is 391 g/mol. The van der Waals surface area contributed by atoms with Gasteiger partial charge in [0.15, 0.2) is 6.61 Å². The summed E-state index contributed by atoms with van der Waals surface area (Å²) >= 11 is 0. The van der Waals surface area contributed by atoms with Crippen LogP contribution in [0.4, 0.5) is 32.0 Å². The van der Waals surface area contributed by atoms with Crippen LogP contribution in [-0.2, 0) is 17.1 Å². The van der Waals surface area contributed by atoms with Gasteiger partial charge >= 0.3 is 12.4 Å². The second-order valence-electron chi connectivity index (χ2n) is 5.85. The van der Waals surface area contributed by atoms with Crippen molar-refractivity contribution in [1.82, 2.24) is 0 Å². The molecule has 146 valence electrons. The summed E-state index contributed by atoms with van der Waals surface area (Å²) < 4.78 is 81.7. The summed E-state index contributed by atoms with van der Waals surface area (Å²) in [5.41, 5.74) is -1.01. The Labute approximate surface area is 150 Å². The van der Waals surface area contributed by atoms with Gasteiger partial charge in [-0.3, -0.25) is 4.79 Å². The summed E-state index contributed by atoms with van der Waals surface area (Å²) in [4.78, 5) is 12.0. The number of hydrogen-bond donors (Lipinski definition) is 1. The van der Waals surface area contributed by atoms with Gasteiger partial charge in [-0.2, -0.15) is 26.3 Å². The maximum atomic E-state index is 12.8. The molecule has 2 aromatic carbocycles. The predicted molar refractivity (Wildman–Crippen MR) is 86.5 cm³/mol. The Hall–Kier alpha value is -2.71. The van der Waals surface area contributed by atoms with E-state index in [2.05, 4.69) is 5.32 Å². The molecule has 0 fully saturated rings. The lowest BCUT2D eigenvalue weighted by atomic mass is 10.1. The molecule has 0 saturated heterocycles. The van der Waals surface area contributed by atoms with Crippen LogP contribution in [0.5, 0.6) is 5.75 Å². The van der Waals surface area contributed by atoms with Gasteiger partial charge in [-0.05, 0) is 43.2 Å². The van der Waals surface area contributed by atoms with Crippen molar-refractivity contribution in [2.24, 2.45) is 0 Å². The molecule has 2 rings (SSSR count). The third kappa shape index (κ3) is 5.38. The molecule has 0 spiro atoms. The predicted octanol–water partition coefficient (Wildman–Crippen LogP) is 5.36. The lowest BCUT2D eigenvalue weighted by Gasteiger charge is -2.15. The quantitative estimate of drug-likeness (QED) is 0.713. The molecule has 0 bridgehead atoms. The molecule has 2 aromatic rings. The van der Waals surface area contributed by atoms with Crippen LogP contribution in [0.2, 0.25) is 0 Å². The highest BCUT2D eigenvalue weighted by atomic mass is 19.4. The van der Waals surface area contributed by atoms with E-state index in [0.29, 0.717) is 17.8 Å². The van der Waals surface area contributed by atoms with E-state index in [1.54, 1.807) is 32.0 Å². The van der Waals surface area contributed by atoms with Crippen LogP contribution < -0.4 is 10.1 Å². The van der Waals surface area contributed by atoms with Crippen LogP contribution in [0.3, 0.4) is 0 Å². The van der Waals surface area contributed by atoms with Crippen molar-refractivity contribution < 1.29 is 35.9 Å². The number of ether oxygens (including phenoxy) is 1. The maximum Gasteiger partial charge on any atom is 0.416 e. The normalized spacial score (nSPS) is 12.0. The van der Waals surface area contributed by atoms with Gasteiger partial charge < -0.3 is 10.1 Å². The third-order valence-electron chi connectivity index (χ3n) is 3.68. The van der Waals surface area contributed by atoms with E-state index in [-0.39, 0.29) is 6.07 Å². The van der Waals surface area contributed by atoms with Gasteiger partial charge in [0.25, 0.3) is 5.91 Å². The molecular formula is C18H15F6NO2. The molecule has 0 radical (unpaired) electrons. The number of para-hydroxylation sites is 1. The van der Waals surface area contributed by atoms with E-state index in [1.807, 2.05) is 0 Å². The topological polar surface area (TPSA) is 38.3 Å². The van der Waals surface area contributed by atoms with Crippen LogP contribution in [0.25, 0.3) is 0 Å². The minimum absolute atomic E-state index is 0.0103. The molecule has 9 heteroatoms. The second kappa shape index (κ2) is 7.50. The van der Waals surface area contributed by atoms with Crippen molar-refractivity contribution in [3.63, 3.8) is 0 Å². The Morgan fingerprint density at radius 1 is 0.926 bits per heavy atom. The molecule has 0 aliphatic carbocycles. The van der Waals surface area contributed by atoms with Gasteiger partial charge in [0.1, 0.15) is 5.75 Å². The van der Waals surface area contributed by atoms with Crippen LogP contribution in [0, 0.1) is 13.8 Å². The molecule has 0 aliphatic rings. The second-order valence-corrected chi connectivity index (χ2v) is 5.85. The highest BCUT2D eigenvalue weighted by Gasteiger charge is 2.37. The number of carbonyl (C=O) groups is 1.